The van der Waals surface area contributed by atoms with Gasteiger partial charge in [-0.15, -0.1) is 0 Å². The van der Waals surface area contributed by atoms with E-state index in [9.17, 15) is 9.50 Å². The molecule has 0 spiro atoms. The van der Waals surface area contributed by atoms with Gasteiger partial charge in [0.05, 0.1) is 5.69 Å². The first kappa shape index (κ1) is 10.8. The van der Waals surface area contributed by atoms with Crippen LogP contribution in [0, 0.1) is 12.7 Å². The second kappa shape index (κ2) is 4.41. The number of aryl methyl sites for hydroxylation is 1. The Morgan fingerprint density at radius 3 is 2.75 bits per heavy atom. The number of nitrogens with zero attached hydrogens (tertiary/aromatic N) is 1. The van der Waals surface area contributed by atoms with Crippen molar-refractivity contribution in [2.45, 2.75) is 13.0 Å². The van der Waals surface area contributed by atoms with E-state index >= 15 is 0 Å². The molecule has 0 amide bonds. The summed E-state index contributed by atoms with van der Waals surface area (Å²) in [6.07, 6.45) is 0.726. The molecule has 0 aliphatic rings. The van der Waals surface area contributed by atoms with Crippen LogP contribution in [-0.4, -0.2) is 10.1 Å². The van der Waals surface area contributed by atoms with Crippen LogP contribution in [0.25, 0.3) is 0 Å². The molecule has 0 aliphatic carbocycles. The van der Waals surface area contributed by atoms with Crippen molar-refractivity contribution in [3.8, 4) is 0 Å². The Kier molecular flexibility index (Phi) is 2.97. The highest BCUT2D eigenvalue weighted by Crippen LogP contribution is 2.23. The molecule has 0 unspecified atom stereocenters. The summed E-state index contributed by atoms with van der Waals surface area (Å²) in [5.41, 5.74) is 1.93. The highest BCUT2D eigenvalue weighted by atomic mass is 19.1. The number of rotatable bonds is 2. The number of hydrogen-bond donors (Lipinski definition) is 1. The Balaban J connectivity index is 2.41. The minimum absolute atomic E-state index is 0.351. The molecule has 0 saturated carbocycles. The van der Waals surface area contributed by atoms with Gasteiger partial charge in [0.2, 0.25) is 0 Å². The molecule has 1 aromatic carbocycles. The van der Waals surface area contributed by atoms with Crippen LogP contribution in [0.15, 0.2) is 42.6 Å². The summed E-state index contributed by atoms with van der Waals surface area (Å²) in [5.74, 6) is -0.351. The fourth-order valence-corrected chi connectivity index (χ4v) is 1.60. The van der Waals surface area contributed by atoms with Gasteiger partial charge in [-0.1, -0.05) is 12.1 Å². The summed E-state index contributed by atoms with van der Waals surface area (Å²) in [5, 5.41) is 10.1. The van der Waals surface area contributed by atoms with Crippen LogP contribution in [0.2, 0.25) is 0 Å². The minimum Gasteiger partial charge on any atom is -0.382 e. The normalized spacial score (nSPS) is 12.4. The summed E-state index contributed by atoms with van der Waals surface area (Å²) in [4.78, 5) is 4.05. The van der Waals surface area contributed by atoms with Crippen molar-refractivity contribution in [3.05, 3.63) is 65.2 Å². The van der Waals surface area contributed by atoms with Crippen molar-refractivity contribution in [1.29, 1.82) is 0 Å². The van der Waals surface area contributed by atoms with Gasteiger partial charge in [-0.05, 0) is 42.3 Å². The van der Waals surface area contributed by atoms with Crippen molar-refractivity contribution >= 4 is 0 Å². The van der Waals surface area contributed by atoms with Gasteiger partial charge in [-0.3, -0.25) is 4.98 Å². The highest BCUT2D eigenvalue weighted by molar-refractivity contribution is 5.33. The van der Waals surface area contributed by atoms with Crippen molar-refractivity contribution in [1.82, 2.24) is 4.98 Å². The molecule has 0 radical (unpaired) electrons. The molecule has 3 heteroatoms. The summed E-state index contributed by atoms with van der Waals surface area (Å²) >= 11 is 0. The minimum atomic E-state index is -0.878. The fraction of sp³-hybridized carbons (Fsp3) is 0.154. The first-order valence-electron chi connectivity index (χ1n) is 5.03. The summed E-state index contributed by atoms with van der Waals surface area (Å²) in [6.45, 7) is 1.83. The van der Waals surface area contributed by atoms with Crippen molar-refractivity contribution in [3.63, 3.8) is 0 Å². The van der Waals surface area contributed by atoms with Gasteiger partial charge >= 0.3 is 0 Å². The monoisotopic (exact) mass is 217 g/mol. The van der Waals surface area contributed by atoms with Crippen LogP contribution in [0.1, 0.15) is 22.9 Å². The second-order valence-corrected chi connectivity index (χ2v) is 3.66. The molecule has 1 heterocycles. The number of aliphatic hydroxyl groups excluding tert-OH is 1. The molecule has 2 rings (SSSR count). The van der Waals surface area contributed by atoms with Crippen LogP contribution in [0.4, 0.5) is 4.39 Å². The topological polar surface area (TPSA) is 33.1 Å². The van der Waals surface area contributed by atoms with E-state index in [1.807, 2.05) is 6.92 Å². The first-order valence-corrected chi connectivity index (χ1v) is 5.03. The molecular formula is C13H12FNO. The maximum atomic E-state index is 13.1. The second-order valence-electron chi connectivity index (χ2n) is 3.66. The largest absolute Gasteiger partial charge is 0.382 e. The third kappa shape index (κ3) is 2.09. The van der Waals surface area contributed by atoms with E-state index in [0.29, 0.717) is 11.3 Å². The van der Waals surface area contributed by atoms with E-state index < -0.39 is 6.10 Å². The molecule has 1 atom stereocenters. The average Bonchev–Trinajstić information content (AvgIpc) is 2.32. The molecule has 1 aromatic heterocycles. The lowest BCUT2D eigenvalue weighted by Gasteiger charge is -2.13. The Bertz CT molecular complexity index is 485. The third-order valence-corrected chi connectivity index (χ3v) is 2.50. The zero-order chi connectivity index (χ0) is 11.5. The van der Waals surface area contributed by atoms with Gasteiger partial charge in [0.15, 0.2) is 0 Å². The number of hydrogen-bond acceptors (Lipinski definition) is 2. The molecule has 0 bridgehead atoms. The molecule has 0 saturated heterocycles. The lowest BCUT2D eigenvalue weighted by molar-refractivity contribution is 0.214. The molecule has 0 fully saturated rings. The predicted octanol–water partition coefficient (Wildman–Crippen LogP) is 2.61. The average molecular weight is 217 g/mol. The van der Waals surface area contributed by atoms with Gasteiger partial charge in [0, 0.05) is 6.20 Å². The van der Waals surface area contributed by atoms with Crippen LogP contribution < -0.4 is 0 Å². The summed E-state index contributed by atoms with van der Waals surface area (Å²) in [7, 11) is 0. The maximum Gasteiger partial charge on any atom is 0.123 e. The zero-order valence-corrected chi connectivity index (χ0v) is 8.89. The Hall–Kier alpha value is -1.74. The number of aromatic nitrogens is 1. The summed E-state index contributed by atoms with van der Waals surface area (Å²) in [6, 6.07) is 9.65. The van der Waals surface area contributed by atoms with Gasteiger partial charge in [0.25, 0.3) is 0 Å². The zero-order valence-electron chi connectivity index (χ0n) is 8.89. The maximum absolute atomic E-state index is 13.1. The van der Waals surface area contributed by atoms with Crippen molar-refractivity contribution < 1.29 is 9.50 Å². The van der Waals surface area contributed by atoms with E-state index in [-0.39, 0.29) is 5.82 Å². The SMILES string of the molecule is Cc1ccc(F)cc1[C@@H](O)c1ccccn1. The lowest BCUT2D eigenvalue weighted by atomic mass is 10.0. The van der Waals surface area contributed by atoms with Crippen molar-refractivity contribution in [2.75, 3.05) is 0 Å². The van der Waals surface area contributed by atoms with Gasteiger partial charge < -0.3 is 5.11 Å². The molecular weight excluding hydrogens is 205 g/mol. The quantitative estimate of drug-likeness (QED) is 0.838. The van der Waals surface area contributed by atoms with Crippen LogP contribution in [0.5, 0.6) is 0 Å². The highest BCUT2D eigenvalue weighted by Gasteiger charge is 2.14. The van der Waals surface area contributed by atoms with Gasteiger partial charge in [0.1, 0.15) is 11.9 Å². The van der Waals surface area contributed by atoms with Gasteiger partial charge in [-0.2, -0.15) is 0 Å². The number of aliphatic hydroxyl groups is 1. The molecule has 2 nitrogen and oxygen atoms in total. The third-order valence-electron chi connectivity index (χ3n) is 2.50. The number of halogens is 1. The molecule has 82 valence electrons. The Morgan fingerprint density at radius 2 is 2.06 bits per heavy atom. The van der Waals surface area contributed by atoms with Crippen LogP contribution >= 0.6 is 0 Å². The number of pyridine rings is 1. The lowest BCUT2D eigenvalue weighted by Crippen LogP contribution is -2.04. The van der Waals surface area contributed by atoms with E-state index in [2.05, 4.69) is 4.98 Å². The van der Waals surface area contributed by atoms with Crippen molar-refractivity contribution in [2.24, 2.45) is 0 Å². The molecule has 2 aromatic rings. The van der Waals surface area contributed by atoms with Gasteiger partial charge in [-0.25, -0.2) is 4.39 Å². The van der Waals surface area contributed by atoms with E-state index in [1.165, 1.54) is 12.1 Å². The van der Waals surface area contributed by atoms with E-state index in [0.717, 1.165) is 5.56 Å². The molecule has 0 aliphatic heterocycles. The Labute approximate surface area is 93.4 Å². The fourth-order valence-electron chi connectivity index (χ4n) is 1.60. The van der Waals surface area contributed by atoms with E-state index in [1.54, 1.807) is 30.5 Å². The Morgan fingerprint density at radius 1 is 1.25 bits per heavy atom. The van der Waals surface area contributed by atoms with E-state index in [4.69, 9.17) is 0 Å². The van der Waals surface area contributed by atoms with Crippen LogP contribution in [0.3, 0.4) is 0 Å². The standard InChI is InChI=1S/C13H12FNO/c1-9-5-6-10(14)8-11(9)13(16)12-4-2-3-7-15-12/h2-8,13,16H,1H3/t13-/m1/s1. The number of benzene rings is 1. The van der Waals surface area contributed by atoms with Crippen LogP contribution in [-0.2, 0) is 0 Å². The summed E-state index contributed by atoms with van der Waals surface area (Å²) < 4.78 is 13.1. The predicted molar refractivity (Wildman–Crippen MR) is 59.4 cm³/mol. The first-order chi connectivity index (χ1) is 7.68. The molecule has 16 heavy (non-hydrogen) atoms. The smallest absolute Gasteiger partial charge is 0.123 e. The molecule has 1 N–H and O–H groups in total.